The van der Waals surface area contributed by atoms with Gasteiger partial charge in [-0.3, -0.25) is 4.79 Å². The molecule has 0 spiro atoms. The van der Waals surface area contributed by atoms with Crippen LogP contribution in [0, 0.1) is 11.6 Å². The number of aromatic nitrogens is 1. The molecule has 3 aromatic carbocycles. The smallest absolute Gasteiger partial charge is 0.338 e. The van der Waals surface area contributed by atoms with Gasteiger partial charge in [-0.05, 0) is 72.7 Å². The van der Waals surface area contributed by atoms with Crippen molar-refractivity contribution in [2.45, 2.75) is 65.1 Å². The third-order valence-electron chi connectivity index (χ3n) is 7.57. The van der Waals surface area contributed by atoms with E-state index in [4.69, 9.17) is 14.9 Å². The van der Waals surface area contributed by atoms with Gasteiger partial charge in [0.05, 0.1) is 11.8 Å². The Kier molecular flexibility index (Phi) is 12.6. The molecule has 4 rings (SSSR count). The van der Waals surface area contributed by atoms with Crippen LogP contribution >= 0.6 is 0 Å². The Balaban J connectivity index is 1.61. The van der Waals surface area contributed by atoms with E-state index in [9.17, 15) is 18.4 Å². The van der Waals surface area contributed by atoms with Crippen LogP contribution in [0.5, 0.6) is 0 Å². The first-order chi connectivity index (χ1) is 22.2. The van der Waals surface area contributed by atoms with Gasteiger partial charge in [0.15, 0.2) is 0 Å². The minimum atomic E-state index is -0.880. The normalized spacial score (nSPS) is 12.5. The molecule has 2 unspecified atom stereocenters. The zero-order valence-electron chi connectivity index (χ0n) is 26.6. The van der Waals surface area contributed by atoms with Gasteiger partial charge in [0, 0.05) is 49.4 Å². The molecule has 0 saturated carbocycles. The van der Waals surface area contributed by atoms with Crippen LogP contribution in [0.1, 0.15) is 71.0 Å². The van der Waals surface area contributed by atoms with Crippen molar-refractivity contribution in [3.05, 3.63) is 113 Å². The van der Waals surface area contributed by atoms with E-state index >= 15 is 0 Å². The van der Waals surface area contributed by atoms with Crippen molar-refractivity contribution in [2.75, 3.05) is 19.6 Å². The van der Waals surface area contributed by atoms with Crippen LogP contribution in [0.3, 0.4) is 0 Å². The Morgan fingerprint density at radius 1 is 0.935 bits per heavy atom. The quantitative estimate of drug-likeness (QED) is 0.139. The first kappa shape index (κ1) is 34.5. The number of nitrogens with zero attached hydrogens (tertiary/aromatic N) is 2. The van der Waals surface area contributed by atoms with Gasteiger partial charge in [0.25, 0.3) is 5.91 Å². The molecule has 1 heterocycles. The van der Waals surface area contributed by atoms with Crippen LogP contribution in [0.25, 0.3) is 11.5 Å². The minimum Gasteiger partial charge on any atom is -0.456 e. The molecule has 0 aliphatic carbocycles. The second-order valence-corrected chi connectivity index (χ2v) is 11.3. The molecule has 3 N–H and O–H groups in total. The van der Waals surface area contributed by atoms with Gasteiger partial charge < -0.3 is 25.1 Å². The summed E-state index contributed by atoms with van der Waals surface area (Å²) in [5.41, 5.74) is 10.00. The van der Waals surface area contributed by atoms with Crippen LogP contribution < -0.4 is 11.1 Å². The van der Waals surface area contributed by atoms with Crippen molar-refractivity contribution < 1.29 is 27.5 Å². The highest BCUT2D eigenvalue weighted by Gasteiger charge is 2.26. The number of halogens is 2. The number of aryl methyl sites for hydroxylation is 1. The van der Waals surface area contributed by atoms with E-state index < -0.39 is 29.7 Å². The number of benzene rings is 3. The van der Waals surface area contributed by atoms with Gasteiger partial charge in [-0.1, -0.05) is 45.0 Å². The second kappa shape index (κ2) is 16.8. The number of ether oxygens (including phenoxy) is 1. The molecular formula is C36H42F2N4O4. The summed E-state index contributed by atoms with van der Waals surface area (Å²) in [6.45, 7) is 7.88. The Hall–Kier alpha value is -4.41. The summed E-state index contributed by atoms with van der Waals surface area (Å²) >= 11 is 0. The standard InChI is InChI=1S/C36H42F2N4O4/c1-4-11-42(12-5-2)35(43)28-18-27(34-41-10-13-45-34)19-29(20-28)36(44)46-33(23-40-22-25-9-7-8-24(6-3)14-25)32(39)17-26-15-30(37)21-31(38)16-26/h7-10,13-16,18-21,32-33,40H,4-6,11-12,17,22-23,39H2,1-3H3. The lowest BCUT2D eigenvalue weighted by molar-refractivity contribution is 0.0238. The minimum absolute atomic E-state index is 0.0582. The number of carbonyl (C=O) groups excluding carboxylic acids is 2. The highest BCUT2D eigenvalue weighted by atomic mass is 19.1. The molecule has 244 valence electrons. The van der Waals surface area contributed by atoms with Crippen LogP contribution in [0.4, 0.5) is 8.78 Å². The van der Waals surface area contributed by atoms with E-state index in [0.29, 0.717) is 36.3 Å². The fourth-order valence-electron chi connectivity index (χ4n) is 5.33. The predicted octanol–water partition coefficient (Wildman–Crippen LogP) is 6.33. The zero-order chi connectivity index (χ0) is 33.1. The first-order valence-corrected chi connectivity index (χ1v) is 15.7. The van der Waals surface area contributed by atoms with E-state index in [-0.39, 0.29) is 30.3 Å². The lowest BCUT2D eigenvalue weighted by Crippen LogP contribution is -2.46. The van der Waals surface area contributed by atoms with Gasteiger partial charge in [-0.15, -0.1) is 0 Å². The van der Waals surface area contributed by atoms with Crippen LogP contribution in [0.2, 0.25) is 0 Å². The number of nitrogens with one attached hydrogen (secondary N) is 1. The van der Waals surface area contributed by atoms with E-state index in [2.05, 4.69) is 29.4 Å². The summed E-state index contributed by atoms with van der Waals surface area (Å²) in [6.07, 6.45) is 4.53. The molecule has 0 saturated heterocycles. The molecule has 4 aromatic rings. The molecule has 1 amide bonds. The lowest BCUT2D eigenvalue weighted by Gasteiger charge is -2.25. The van der Waals surface area contributed by atoms with Gasteiger partial charge in [-0.25, -0.2) is 18.6 Å². The topological polar surface area (TPSA) is 111 Å². The SMILES string of the molecule is CCCN(CCC)C(=O)c1cc(C(=O)OC(CNCc2cccc(CC)c2)C(N)Cc2cc(F)cc(F)c2)cc(-c2ncco2)c1. The molecule has 46 heavy (non-hydrogen) atoms. The number of rotatable bonds is 16. The average Bonchev–Trinajstić information content (AvgIpc) is 3.58. The molecule has 1 aromatic heterocycles. The van der Waals surface area contributed by atoms with E-state index in [1.54, 1.807) is 17.0 Å². The molecule has 0 radical (unpaired) electrons. The molecule has 8 nitrogen and oxygen atoms in total. The van der Waals surface area contributed by atoms with Gasteiger partial charge in [0.2, 0.25) is 5.89 Å². The molecule has 0 aliphatic heterocycles. The average molecular weight is 633 g/mol. The lowest BCUT2D eigenvalue weighted by atomic mass is 10.0. The number of amides is 1. The fourth-order valence-corrected chi connectivity index (χ4v) is 5.33. The number of esters is 1. The van der Waals surface area contributed by atoms with Gasteiger partial charge in [0.1, 0.15) is 24.0 Å². The molecule has 0 aliphatic rings. The van der Waals surface area contributed by atoms with Crippen molar-refractivity contribution >= 4 is 11.9 Å². The second-order valence-electron chi connectivity index (χ2n) is 11.3. The third kappa shape index (κ3) is 9.55. The zero-order valence-corrected chi connectivity index (χ0v) is 26.6. The number of oxazole rings is 1. The van der Waals surface area contributed by atoms with Crippen molar-refractivity contribution in [1.82, 2.24) is 15.2 Å². The maximum atomic E-state index is 14.0. The summed E-state index contributed by atoms with van der Waals surface area (Å²) in [5, 5.41) is 3.31. The summed E-state index contributed by atoms with van der Waals surface area (Å²) in [5.74, 6) is -2.11. The largest absolute Gasteiger partial charge is 0.456 e. The first-order valence-electron chi connectivity index (χ1n) is 15.7. The predicted molar refractivity (Wildman–Crippen MR) is 173 cm³/mol. The molecular weight excluding hydrogens is 590 g/mol. The summed E-state index contributed by atoms with van der Waals surface area (Å²) in [6, 6.07) is 15.2. The molecule has 0 fully saturated rings. The van der Waals surface area contributed by atoms with Gasteiger partial charge >= 0.3 is 5.97 Å². The summed E-state index contributed by atoms with van der Waals surface area (Å²) in [4.78, 5) is 33.3. The molecule has 0 bridgehead atoms. The Labute approximate surface area is 269 Å². The van der Waals surface area contributed by atoms with Crippen molar-refractivity contribution in [2.24, 2.45) is 5.73 Å². The van der Waals surface area contributed by atoms with Crippen molar-refractivity contribution in [3.63, 3.8) is 0 Å². The van der Waals surface area contributed by atoms with Crippen LogP contribution in [0.15, 0.2) is 77.5 Å². The summed E-state index contributed by atoms with van der Waals surface area (Å²) < 4.78 is 39.4. The highest BCUT2D eigenvalue weighted by molar-refractivity contribution is 5.99. The number of hydrogen-bond acceptors (Lipinski definition) is 7. The van der Waals surface area contributed by atoms with Crippen LogP contribution in [-0.4, -0.2) is 53.5 Å². The molecule has 2 atom stereocenters. The monoisotopic (exact) mass is 632 g/mol. The maximum absolute atomic E-state index is 14.0. The Bertz CT molecular complexity index is 1570. The van der Waals surface area contributed by atoms with E-state index in [0.717, 1.165) is 30.9 Å². The van der Waals surface area contributed by atoms with E-state index in [1.165, 1.54) is 36.2 Å². The van der Waals surface area contributed by atoms with Crippen LogP contribution in [-0.2, 0) is 24.1 Å². The number of nitrogens with two attached hydrogens (primary N) is 1. The van der Waals surface area contributed by atoms with E-state index in [1.807, 2.05) is 26.0 Å². The Morgan fingerprint density at radius 3 is 2.28 bits per heavy atom. The third-order valence-corrected chi connectivity index (χ3v) is 7.57. The Morgan fingerprint density at radius 2 is 1.63 bits per heavy atom. The highest BCUT2D eigenvalue weighted by Crippen LogP contribution is 2.24. The maximum Gasteiger partial charge on any atom is 0.338 e. The number of carbonyl (C=O) groups is 2. The van der Waals surface area contributed by atoms with Gasteiger partial charge in [-0.2, -0.15) is 0 Å². The fraction of sp³-hybridized carbons (Fsp3) is 0.361. The van der Waals surface area contributed by atoms with Crippen molar-refractivity contribution in [1.29, 1.82) is 0 Å². The summed E-state index contributed by atoms with van der Waals surface area (Å²) in [7, 11) is 0. The number of hydrogen-bond donors (Lipinski definition) is 2. The van der Waals surface area contributed by atoms with Crippen molar-refractivity contribution in [3.8, 4) is 11.5 Å². The molecule has 10 heteroatoms.